The smallest absolute Gasteiger partial charge is 0.231 e. The quantitative estimate of drug-likeness (QED) is 0.464. The summed E-state index contributed by atoms with van der Waals surface area (Å²) in [5.74, 6) is 2.68. The average Bonchev–Trinajstić information content (AvgIpc) is 3.55. The topological polar surface area (TPSA) is 106 Å². The van der Waals surface area contributed by atoms with Crippen LogP contribution in [0.1, 0.15) is 24.0 Å². The Labute approximate surface area is 191 Å². The number of aliphatic hydroxyl groups is 1. The Morgan fingerprint density at radius 3 is 2.88 bits per heavy atom. The second-order valence-electron chi connectivity index (χ2n) is 8.43. The minimum absolute atomic E-state index is 0.0461. The molecule has 1 atom stereocenters. The van der Waals surface area contributed by atoms with Crippen LogP contribution in [0.25, 0.3) is 16.7 Å². The van der Waals surface area contributed by atoms with Crippen molar-refractivity contribution in [3.63, 3.8) is 0 Å². The van der Waals surface area contributed by atoms with Crippen LogP contribution in [-0.2, 0) is 7.05 Å². The fourth-order valence-electron chi connectivity index (χ4n) is 4.43. The number of rotatable bonds is 6. The molecule has 2 N–H and O–H groups in total. The second kappa shape index (κ2) is 8.36. The van der Waals surface area contributed by atoms with E-state index in [2.05, 4.69) is 38.3 Å². The first kappa shape index (κ1) is 21.2. The molecule has 172 valence electrons. The van der Waals surface area contributed by atoms with Gasteiger partial charge in [-0.25, -0.2) is 9.97 Å². The summed E-state index contributed by atoms with van der Waals surface area (Å²) in [5, 5.41) is 17.4. The van der Waals surface area contributed by atoms with E-state index < -0.39 is 0 Å². The van der Waals surface area contributed by atoms with Crippen LogP contribution in [0.4, 0.5) is 17.6 Å². The van der Waals surface area contributed by atoms with Crippen molar-refractivity contribution in [1.29, 1.82) is 0 Å². The molecule has 0 saturated carbocycles. The van der Waals surface area contributed by atoms with Gasteiger partial charge in [0.05, 0.1) is 37.8 Å². The molecule has 0 bridgehead atoms. The molecule has 0 unspecified atom stereocenters. The molecule has 4 aromatic rings. The maximum atomic E-state index is 9.83. The highest BCUT2D eigenvalue weighted by Crippen LogP contribution is 2.31. The first-order valence-electron chi connectivity index (χ1n) is 11.0. The average molecular weight is 449 g/mol. The molecule has 10 heteroatoms. The van der Waals surface area contributed by atoms with E-state index >= 15 is 0 Å². The number of anilines is 3. The van der Waals surface area contributed by atoms with Gasteiger partial charge in [-0.3, -0.25) is 4.68 Å². The SMILES string of the molecule is COc1cc(-n2cnc(Nc3nc(N4CCC[C@H]4CO)c4c(cnn4C)n3)c2)cc(C)c1C. The number of methoxy groups -OCH3 is 1. The number of fused-ring (bicyclic) bond motifs is 1. The van der Waals surface area contributed by atoms with E-state index in [1.165, 1.54) is 0 Å². The van der Waals surface area contributed by atoms with Gasteiger partial charge in [0, 0.05) is 19.7 Å². The Morgan fingerprint density at radius 1 is 1.24 bits per heavy atom. The Bertz CT molecular complexity index is 1310. The highest BCUT2D eigenvalue weighted by molar-refractivity contribution is 5.87. The summed E-state index contributed by atoms with van der Waals surface area (Å²) >= 11 is 0. The normalized spacial score (nSPS) is 16.0. The molecule has 4 heterocycles. The zero-order chi connectivity index (χ0) is 23.1. The summed E-state index contributed by atoms with van der Waals surface area (Å²) in [6.45, 7) is 5.04. The molecular formula is C23H28N8O2. The van der Waals surface area contributed by atoms with Crippen molar-refractivity contribution in [2.24, 2.45) is 7.05 Å². The third kappa shape index (κ3) is 3.76. The van der Waals surface area contributed by atoms with E-state index in [1.54, 1.807) is 24.3 Å². The monoisotopic (exact) mass is 448 g/mol. The summed E-state index contributed by atoms with van der Waals surface area (Å²) < 4.78 is 9.23. The van der Waals surface area contributed by atoms with Crippen molar-refractivity contribution >= 4 is 28.6 Å². The van der Waals surface area contributed by atoms with Gasteiger partial charge in [0.1, 0.15) is 23.1 Å². The van der Waals surface area contributed by atoms with Crippen molar-refractivity contribution in [3.8, 4) is 11.4 Å². The molecule has 3 aromatic heterocycles. The molecular weight excluding hydrogens is 420 g/mol. The van der Waals surface area contributed by atoms with Gasteiger partial charge in [-0.2, -0.15) is 10.1 Å². The molecule has 1 fully saturated rings. The Kier molecular flexibility index (Phi) is 5.37. The predicted octanol–water partition coefficient (Wildman–Crippen LogP) is 2.88. The van der Waals surface area contributed by atoms with Crippen molar-refractivity contribution in [2.45, 2.75) is 32.7 Å². The van der Waals surface area contributed by atoms with Gasteiger partial charge < -0.3 is 24.6 Å². The lowest BCUT2D eigenvalue weighted by molar-refractivity contribution is 0.266. The van der Waals surface area contributed by atoms with E-state index in [1.807, 2.05) is 30.8 Å². The number of benzene rings is 1. The molecule has 1 aliphatic rings. The number of aryl methyl sites for hydroxylation is 2. The van der Waals surface area contributed by atoms with Crippen LogP contribution in [0.15, 0.2) is 30.9 Å². The summed E-state index contributed by atoms with van der Waals surface area (Å²) in [5.41, 5.74) is 4.82. The van der Waals surface area contributed by atoms with E-state index in [-0.39, 0.29) is 12.6 Å². The van der Waals surface area contributed by atoms with Crippen molar-refractivity contribution in [1.82, 2.24) is 29.3 Å². The number of nitrogens with zero attached hydrogens (tertiary/aromatic N) is 7. The number of hydrogen-bond donors (Lipinski definition) is 2. The minimum atomic E-state index is 0.0461. The van der Waals surface area contributed by atoms with Gasteiger partial charge in [0.25, 0.3) is 0 Å². The Morgan fingerprint density at radius 2 is 2.09 bits per heavy atom. The molecule has 10 nitrogen and oxygen atoms in total. The third-order valence-corrected chi connectivity index (χ3v) is 6.37. The first-order valence-corrected chi connectivity index (χ1v) is 11.0. The second-order valence-corrected chi connectivity index (χ2v) is 8.43. The first-order chi connectivity index (χ1) is 16.0. The van der Waals surface area contributed by atoms with Crippen molar-refractivity contribution in [2.75, 3.05) is 30.5 Å². The van der Waals surface area contributed by atoms with E-state index in [0.717, 1.165) is 58.8 Å². The van der Waals surface area contributed by atoms with Gasteiger partial charge in [0.2, 0.25) is 5.95 Å². The standard InChI is InChI=1S/C23H28N8O2/c1-14-8-17(9-19(33-4)15(14)2)30-11-20(24-13-30)27-23-26-18-10-25-29(3)21(18)22(28-23)31-7-5-6-16(31)12-32/h8-11,13,16,32H,5-7,12H2,1-4H3,(H,26,27,28)/t16-/m0/s1. The van der Waals surface area contributed by atoms with Gasteiger partial charge >= 0.3 is 0 Å². The lowest BCUT2D eigenvalue weighted by Crippen LogP contribution is -2.33. The summed E-state index contributed by atoms with van der Waals surface area (Å²) in [6.07, 6.45) is 7.33. The minimum Gasteiger partial charge on any atom is -0.496 e. The third-order valence-electron chi connectivity index (χ3n) is 6.37. The van der Waals surface area contributed by atoms with Crippen LogP contribution < -0.4 is 15.0 Å². The van der Waals surface area contributed by atoms with Crippen LogP contribution >= 0.6 is 0 Å². The highest BCUT2D eigenvalue weighted by Gasteiger charge is 2.28. The van der Waals surface area contributed by atoms with E-state index in [9.17, 15) is 5.11 Å². The summed E-state index contributed by atoms with van der Waals surface area (Å²) in [6, 6.07) is 4.14. The fourth-order valence-corrected chi connectivity index (χ4v) is 4.43. The Balaban J connectivity index is 1.48. The Hall–Kier alpha value is -3.66. The fraction of sp³-hybridized carbons (Fsp3) is 0.391. The molecule has 1 saturated heterocycles. The number of nitrogens with one attached hydrogen (secondary N) is 1. The molecule has 0 amide bonds. The zero-order valence-corrected chi connectivity index (χ0v) is 19.3. The number of ether oxygens (including phenoxy) is 1. The maximum Gasteiger partial charge on any atom is 0.231 e. The van der Waals surface area contributed by atoms with Gasteiger partial charge in [-0.15, -0.1) is 0 Å². The maximum absolute atomic E-state index is 9.83. The van der Waals surface area contributed by atoms with Crippen molar-refractivity contribution < 1.29 is 9.84 Å². The molecule has 1 aromatic carbocycles. The van der Waals surface area contributed by atoms with E-state index in [4.69, 9.17) is 9.72 Å². The molecule has 33 heavy (non-hydrogen) atoms. The van der Waals surface area contributed by atoms with Crippen LogP contribution in [0.5, 0.6) is 5.75 Å². The van der Waals surface area contributed by atoms with Crippen LogP contribution in [0.2, 0.25) is 0 Å². The number of hydrogen-bond acceptors (Lipinski definition) is 8. The summed E-state index contributed by atoms with van der Waals surface area (Å²) in [4.78, 5) is 16.1. The van der Waals surface area contributed by atoms with Crippen LogP contribution in [0, 0.1) is 13.8 Å². The van der Waals surface area contributed by atoms with Gasteiger partial charge in [-0.1, -0.05) is 0 Å². The molecule has 5 rings (SSSR count). The lowest BCUT2D eigenvalue weighted by Gasteiger charge is -2.25. The molecule has 0 spiro atoms. The number of aromatic nitrogens is 6. The molecule has 0 aliphatic carbocycles. The predicted molar refractivity (Wildman–Crippen MR) is 127 cm³/mol. The van der Waals surface area contributed by atoms with Gasteiger partial charge in [0.15, 0.2) is 11.6 Å². The van der Waals surface area contributed by atoms with Crippen LogP contribution in [0.3, 0.4) is 0 Å². The molecule has 1 aliphatic heterocycles. The van der Waals surface area contributed by atoms with Gasteiger partial charge in [-0.05, 0) is 43.9 Å². The molecule has 0 radical (unpaired) electrons. The highest BCUT2D eigenvalue weighted by atomic mass is 16.5. The number of aliphatic hydroxyl groups excluding tert-OH is 1. The zero-order valence-electron chi connectivity index (χ0n) is 19.3. The summed E-state index contributed by atoms with van der Waals surface area (Å²) in [7, 11) is 3.56. The largest absolute Gasteiger partial charge is 0.496 e. The van der Waals surface area contributed by atoms with Crippen molar-refractivity contribution in [3.05, 3.63) is 42.0 Å². The lowest BCUT2D eigenvalue weighted by atomic mass is 10.1. The van der Waals surface area contributed by atoms with E-state index in [0.29, 0.717) is 11.8 Å². The van der Waals surface area contributed by atoms with Crippen LogP contribution in [-0.4, -0.2) is 60.7 Å². The number of imidazole rings is 1.